The first-order chi connectivity index (χ1) is 8.18. The number of amidine groups is 1. The zero-order chi connectivity index (χ0) is 12.3. The summed E-state index contributed by atoms with van der Waals surface area (Å²) in [4.78, 5) is 2.16. The van der Waals surface area contributed by atoms with E-state index in [2.05, 4.69) is 4.90 Å². The van der Waals surface area contributed by atoms with Crippen LogP contribution in [-0.2, 0) is 4.74 Å². The van der Waals surface area contributed by atoms with Crippen molar-refractivity contribution in [3.63, 3.8) is 0 Å². The Bertz CT molecular complexity index is 387. The van der Waals surface area contributed by atoms with Gasteiger partial charge in [0, 0.05) is 18.1 Å². The predicted octanol–water partition coefficient (Wildman–Crippen LogP) is 1.65. The minimum Gasteiger partial charge on any atom is -0.386 e. The number of nitrogens with two attached hydrogens (primary N) is 1. The van der Waals surface area contributed by atoms with Crippen LogP contribution >= 0.6 is 11.6 Å². The fourth-order valence-corrected chi connectivity index (χ4v) is 2.19. The smallest absolute Gasteiger partial charge is 0.113 e. The van der Waals surface area contributed by atoms with Crippen molar-refractivity contribution in [3.8, 4) is 0 Å². The molecule has 1 aromatic carbocycles. The number of hydrogen-bond acceptors (Lipinski definition) is 3. The molecule has 0 amide bonds. The van der Waals surface area contributed by atoms with Gasteiger partial charge in [0.15, 0.2) is 0 Å². The summed E-state index contributed by atoms with van der Waals surface area (Å²) in [7, 11) is 0. The number of hydrogen-bond donors (Lipinski definition) is 2. The highest BCUT2D eigenvalue weighted by Gasteiger charge is 2.24. The third kappa shape index (κ3) is 2.97. The summed E-state index contributed by atoms with van der Waals surface area (Å²) in [5, 5.41) is 8.43. The highest BCUT2D eigenvalue weighted by Crippen LogP contribution is 2.23. The van der Waals surface area contributed by atoms with Gasteiger partial charge >= 0.3 is 0 Å². The van der Waals surface area contributed by atoms with Crippen molar-refractivity contribution >= 4 is 17.4 Å². The van der Waals surface area contributed by atoms with Crippen LogP contribution in [0.3, 0.4) is 0 Å². The zero-order valence-electron chi connectivity index (χ0n) is 9.53. The predicted molar refractivity (Wildman–Crippen MR) is 68.5 cm³/mol. The Labute approximate surface area is 106 Å². The van der Waals surface area contributed by atoms with E-state index in [0.29, 0.717) is 18.2 Å². The number of halogens is 1. The Hall–Kier alpha value is -1.10. The van der Waals surface area contributed by atoms with Crippen LogP contribution in [0, 0.1) is 5.41 Å². The van der Waals surface area contributed by atoms with Crippen LogP contribution < -0.4 is 5.73 Å². The van der Waals surface area contributed by atoms with Gasteiger partial charge in [-0.1, -0.05) is 23.7 Å². The molecule has 0 aliphatic carbocycles. The van der Waals surface area contributed by atoms with Crippen LogP contribution in [0.4, 0.5) is 0 Å². The molecule has 0 saturated carbocycles. The third-order valence-electron chi connectivity index (χ3n) is 2.89. The lowest BCUT2D eigenvalue weighted by Gasteiger charge is -2.33. The van der Waals surface area contributed by atoms with Crippen LogP contribution in [0.1, 0.15) is 11.6 Å². The summed E-state index contributed by atoms with van der Waals surface area (Å²) in [6.07, 6.45) is 0. The first kappa shape index (κ1) is 12.4. The van der Waals surface area contributed by atoms with Crippen LogP contribution in [-0.4, -0.2) is 37.0 Å². The normalized spacial score (nSPS) is 18.9. The Morgan fingerprint density at radius 3 is 2.41 bits per heavy atom. The van der Waals surface area contributed by atoms with Crippen molar-refractivity contribution in [1.29, 1.82) is 5.41 Å². The molecule has 1 aromatic rings. The molecule has 3 N–H and O–H groups in total. The van der Waals surface area contributed by atoms with Gasteiger partial charge in [0.25, 0.3) is 0 Å². The number of nitrogens with one attached hydrogen (secondary N) is 1. The van der Waals surface area contributed by atoms with E-state index in [9.17, 15) is 0 Å². The zero-order valence-corrected chi connectivity index (χ0v) is 10.3. The number of nitrogens with zero attached hydrogens (tertiary/aromatic N) is 1. The van der Waals surface area contributed by atoms with Crippen LogP contribution in [0.25, 0.3) is 0 Å². The molecule has 1 atom stereocenters. The Kier molecular flexibility index (Phi) is 3.99. The topological polar surface area (TPSA) is 62.3 Å². The Morgan fingerprint density at radius 1 is 1.29 bits per heavy atom. The maximum absolute atomic E-state index is 7.74. The average molecular weight is 254 g/mol. The summed E-state index contributed by atoms with van der Waals surface area (Å²) < 4.78 is 5.31. The van der Waals surface area contributed by atoms with Gasteiger partial charge in [-0.25, -0.2) is 0 Å². The molecule has 17 heavy (non-hydrogen) atoms. The molecule has 92 valence electrons. The standard InChI is InChI=1S/C12H16ClN3O/c13-10-3-1-9(2-4-10)11(12(14)15)16-5-7-17-8-6-16/h1-4,11H,5-8H2,(H3,14,15). The molecule has 1 saturated heterocycles. The second kappa shape index (κ2) is 5.49. The highest BCUT2D eigenvalue weighted by molar-refractivity contribution is 6.30. The van der Waals surface area contributed by atoms with Crippen LogP contribution in [0.15, 0.2) is 24.3 Å². The second-order valence-corrected chi connectivity index (χ2v) is 4.49. The SMILES string of the molecule is N=C(N)C(c1ccc(Cl)cc1)N1CCOCC1. The fourth-order valence-electron chi connectivity index (χ4n) is 2.07. The maximum Gasteiger partial charge on any atom is 0.113 e. The number of ether oxygens (including phenoxy) is 1. The molecular formula is C12H16ClN3O. The fraction of sp³-hybridized carbons (Fsp3) is 0.417. The summed E-state index contributed by atoms with van der Waals surface area (Å²) in [6.45, 7) is 2.98. The molecule has 5 heteroatoms. The molecule has 0 bridgehead atoms. The average Bonchev–Trinajstić information content (AvgIpc) is 2.33. The van der Waals surface area contributed by atoms with Gasteiger partial charge in [0.05, 0.1) is 19.3 Å². The molecule has 1 heterocycles. The van der Waals surface area contributed by atoms with Gasteiger partial charge < -0.3 is 10.5 Å². The lowest BCUT2D eigenvalue weighted by Crippen LogP contribution is -2.44. The van der Waals surface area contributed by atoms with Gasteiger partial charge in [-0.15, -0.1) is 0 Å². The second-order valence-electron chi connectivity index (χ2n) is 4.06. The van der Waals surface area contributed by atoms with E-state index in [1.54, 1.807) is 0 Å². The first-order valence-electron chi connectivity index (χ1n) is 5.59. The van der Waals surface area contributed by atoms with Crippen molar-refractivity contribution in [2.75, 3.05) is 26.3 Å². The maximum atomic E-state index is 7.74. The third-order valence-corrected chi connectivity index (χ3v) is 3.14. The monoisotopic (exact) mass is 253 g/mol. The summed E-state index contributed by atoms with van der Waals surface area (Å²) in [6, 6.07) is 7.32. The Morgan fingerprint density at radius 2 is 1.88 bits per heavy atom. The van der Waals surface area contributed by atoms with Crippen LogP contribution in [0.2, 0.25) is 5.02 Å². The van der Waals surface area contributed by atoms with Crippen molar-refractivity contribution < 1.29 is 4.74 Å². The van der Waals surface area contributed by atoms with E-state index in [1.165, 1.54) is 0 Å². The van der Waals surface area contributed by atoms with E-state index in [-0.39, 0.29) is 11.9 Å². The van der Waals surface area contributed by atoms with Crippen molar-refractivity contribution in [2.24, 2.45) is 5.73 Å². The summed E-state index contributed by atoms with van der Waals surface area (Å²) >= 11 is 5.86. The van der Waals surface area contributed by atoms with Gasteiger partial charge in [0.2, 0.25) is 0 Å². The van der Waals surface area contributed by atoms with E-state index in [1.807, 2.05) is 24.3 Å². The first-order valence-corrected chi connectivity index (χ1v) is 5.97. The largest absolute Gasteiger partial charge is 0.386 e. The van der Waals surface area contributed by atoms with Gasteiger partial charge in [0.1, 0.15) is 5.84 Å². The molecule has 0 radical (unpaired) electrons. The molecule has 0 aromatic heterocycles. The van der Waals surface area contributed by atoms with E-state index >= 15 is 0 Å². The van der Waals surface area contributed by atoms with Gasteiger partial charge in [-0.05, 0) is 17.7 Å². The van der Waals surface area contributed by atoms with Gasteiger partial charge in [-0.2, -0.15) is 0 Å². The van der Waals surface area contributed by atoms with Crippen molar-refractivity contribution in [3.05, 3.63) is 34.9 Å². The molecule has 1 aliphatic heterocycles. The highest BCUT2D eigenvalue weighted by atomic mass is 35.5. The van der Waals surface area contributed by atoms with Crippen molar-refractivity contribution in [1.82, 2.24) is 4.90 Å². The molecule has 1 aliphatic rings. The number of rotatable bonds is 3. The summed E-state index contributed by atoms with van der Waals surface area (Å²) in [5.74, 6) is 0.161. The van der Waals surface area contributed by atoms with Gasteiger partial charge in [-0.3, -0.25) is 10.3 Å². The molecule has 4 nitrogen and oxygen atoms in total. The minimum atomic E-state index is -0.170. The molecule has 0 spiro atoms. The van der Waals surface area contributed by atoms with E-state index in [4.69, 9.17) is 27.5 Å². The molecule has 2 rings (SSSR count). The lowest BCUT2D eigenvalue weighted by molar-refractivity contribution is 0.0284. The number of benzene rings is 1. The molecular weight excluding hydrogens is 238 g/mol. The number of morpholine rings is 1. The molecule has 1 unspecified atom stereocenters. The van der Waals surface area contributed by atoms with E-state index in [0.717, 1.165) is 18.7 Å². The lowest BCUT2D eigenvalue weighted by atomic mass is 10.0. The van der Waals surface area contributed by atoms with Crippen LogP contribution in [0.5, 0.6) is 0 Å². The minimum absolute atomic E-state index is 0.161. The quantitative estimate of drug-likeness (QED) is 0.636. The van der Waals surface area contributed by atoms with Crippen molar-refractivity contribution in [2.45, 2.75) is 6.04 Å². The summed E-state index contributed by atoms with van der Waals surface area (Å²) in [5.41, 5.74) is 6.71. The Balaban J connectivity index is 2.21. The molecule has 1 fully saturated rings. The van der Waals surface area contributed by atoms with E-state index < -0.39 is 0 Å².